The van der Waals surface area contributed by atoms with Crippen LogP contribution in [0.25, 0.3) is 0 Å². The zero-order valence-corrected chi connectivity index (χ0v) is 10.5. The van der Waals surface area contributed by atoms with Crippen LogP contribution in [-0.4, -0.2) is 16.1 Å². The lowest BCUT2D eigenvalue weighted by atomic mass is 10.2. The lowest BCUT2D eigenvalue weighted by Gasteiger charge is -2.02. The molecule has 0 bridgehead atoms. The monoisotopic (exact) mass is 263 g/mol. The molecule has 0 saturated carbocycles. The molecule has 1 N–H and O–H groups in total. The number of aliphatic carboxylic acids is 1. The fourth-order valence-electron chi connectivity index (χ4n) is 1.43. The molecule has 2 rings (SSSR count). The Balaban J connectivity index is 1.85. The zero-order chi connectivity index (χ0) is 12.8. The van der Waals surface area contributed by atoms with Crippen molar-refractivity contribution in [2.24, 2.45) is 0 Å². The van der Waals surface area contributed by atoms with Gasteiger partial charge in [0.05, 0.1) is 12.1 Å². The first-order valence-electron chi connectivity index (χ1n) is 5.57. The SMILES string of the molecule is O=C(O)CCc1csc(COc2ccccc2)n1. The molecule has 94 valence electrons. The Labute approximate surface area is 109 Å². The van der Waals surface area contributed by atoms with Gasteiger partial charge in [-0.05, 0) is 12.1 Å². The zero-order valence-electron chi connectivity index (χ0n) is 9.70. The molecule has 0 aliphatic heterocycles. The number of hydrogen-bond donors (Lipinski definition) is 1. The van der Waals surface area contributed by atoms with Gasteiger partial charge in [-0.25, -0.2) is 4.98 Å². The van der Waals surface area contributed by atoms with Gasteiger partial charge in [-0.3, -0.25) is 4.79 Å². The summed E-state index contributed by atoms with van der Waals surface area (Å²) in [5, 5.41) is 11.3. The summed E-state index contributed by atoms with van der Waals surface area (Å²) in [5.74, 6) is 0.00451. The van der Waals surface area contributed by atoms with Crippen LogP contribution >= 0.6 is 11.3 Å². The quantitative estimate of drug-likeness (QED) is 0.870. The average Bonchev–Trinajstić information content (AvgIpc) is 2.83. The standard InChI is InChI=1S/C13H13NO3S/c15-13(16)7-6-10-9-18-12(14-10)8-17-11-4-2-1-3-5-11/h1-5,9H,6-8H2,(H,15,16). The van der Waals surface area contributed by atoms with Crippen LogP contribution in [0, 0.1) is 0 Å². The summed E-state index contributed by atoms with van der Waals surface area (Å²) in [6.07, 6.45) is 0.583. The van der Waals surface area contributed by atoms with Crippen molar-refractivity contribution >= 4 is 17.3 Å². The van der Waals surface area contributed by atoms with Gasteiger partial charge in [0.2, 0.25) is 0 Å². The van der Waals surface area contributed by atoms with Crippen molar-refractivity contribution in [2.75, 3.05) is 0 Å². The van der Waals surface area contributed by atoms with E-state index >= 15 is 0 Å². The number of rotatable bonds is 6. The van der Waals surface area contributed by atoms with E-state index in [4.69, 9.17) is 9.84 Å². The highest BCUT2D eigenvalue weighted by Gasteiger charge is 2.05. The summed E-state index contributed by atoms with van der Waals surface area (Å²) in [4.78, 5) is 14.8. The number of aryl methyl sites for hydroxylation is 1. The van der Waals surface area contributed by atoms with Crippen LogP contribution in [0.15, 0.2) is 35.7 Å². The fraction of sp³-hybridized carbons (Fsp3) is 0.231. The summed E-state index contributed by atoms with van der Waals surface area (Å²) in [7, 11) is 0. The lowest BCUT2D eigenvalue weighted by molar-refractivity contribution is -0.136. The highest BCUT2D eigenvalue weighted by Crippen LogP contribution is 2.15. The van der Waals surface area contributed by atoms with E-state index in [2.05, 4.69) is 4.98 Å². The van der Waals surface area contributed by atoms with Crippen molar-refractivity contribution in [3.05, 3.63) is 46.4 Å². The third-order valence-electron chi connectivity index (χ3n) is 2.30. The first-order valence-corrected chi connectivity index (χ1v) is 6.45. The third kappa shape index (κ3) is 3.85. The van der Waals surface area contributed by atoms with Gasteiger partial charge < -0.3 is 9.84 Å². The van der Waals surface area contributed by atoms with E-state index in [1.54, 1.807) is 0 Å². The van der Waals surface area contributed by atoms with E-state index in [0.29, 0.717) is 13.0 Å². The molecule has 5 heteroatoms. The number of aromatic nitrogens is 1. The molecule has 0 radical (unpaired) electrons. The van der Waals surface area contributed by atoms with Crippen LogP contribution in [0.1, 0.15) is 17.1 Å². The van der Waals surface area contributed by atoms with Crippen LogP contribution < -0.4 is 4.74 Å². The molecule has 0 amide bonds. The molecule has 0 spiro atoms. The molecule has 0 aliphatic carbocycles. The van der Waals surface area contributed by atoms with Gasteiger partial charge in [0.15, 0.2) is 0 Å². The van der Waals surface area contributed by atoms with E-state index in [9.17, 15) is 4.79 Å². The van der Waals surface area contributed by atoms with E-state index in [-0.39, 0.29) is 6.42 Å². The van der Waals surface area contributed by atoms with E-state index < -0.39 is 5.97 Å². The van der Waals surface area contributed by atoms with Crippen molar-refractivity contribution in [3.63, 3.8) is 0 Å². The summed E-state index contributed by atoms with van der Waals surface area (Å²) < 4.78 is 5.56. The first kappa shape index (κ1) is 12.6. The summed E-state index contributed by atoms with van der Waals surface area (Å²) in [6.45, 7) is 0.418. The number of hydrogen-bond acceptors (Lipinski definition) is 4. The van der Waals surface area contributed by atoms with Crippen molar-refractivity contribution in [2.45, 2.75) is 19.4 Å². The van der Waals surface area contributed by atoms with Crippen molar-refractivity contribution in [1.29, 1.82) is 0 Å². The number of ether oxygens (including phenoxy) is 1. The molecular weight excluding hydrogens is 250 g/mol. The Morgan fingerprint density at radius 3 is 2.83 bits per heavy atom. The molecular formula is C13H13NO3S. The highest BCUT2D eigenvalue weighted by atomic mass is 32.1. The number of nitrogens with zero attached hydrogens (tertiary/aromatic N) is 1. The topological polar surface area (TPSA) is 59.4 Å². The highest BCUT2D eigenvalue weighted by molar-refractivity contribution is 7.09. The summed E-state index contributed by atoms with van der Waals surface area (Å²) in [5.41, 5.74) is 0.814. The smallest absolute Gasteiger partial charge is 0.303 e. The molecule has 0 aliphatic rings. The minimum absolute atomic E-state index is 0.114. The predicted molar refractivity (Wildman–Crippen MR) is 68.8 cm³/mol. The molecule has 18 heavy (non-hydrogen) atoms. The van der Waals surface area contributed by atoms with Gasteiger partial charge >= 0.3 is 5.97 Å². The maximum atomic E-state index is 10.4. The largest absolute Gasteiger partial charge is 0.486 e. The Morgan fingerprint density at radius 2 is 2.11 bits per heavy atom. The normalized spacial score (nSPS) is 10.2. The van der Waals surface area contributed by atoms with Gasteiger partial charge in [0, 0.05) is 11.8 Å². The van der Waals surface area contributed by atoms with Crippen LogP contribution in [0.4, 0.5) is 0 Å². The third-order valence-corrected chi connectivity index (χ3v) is 3.17. The maximum absolute atomic E-state index is 10.4. The van der Waals surface area contributed by atoms with Gasteiger partial charge in [-0.1, -0.05) is 18.2 Å². The Kier molecular flexibility index (Phi) is 4.30. The maximum Gasteiger partial charge on any atom is 0.303 e. The van der Waals surface area contributed by atoms with Crippen molar-refractivity contribution in [3.8, 4) is 5.75 Å². The molecule has 0 fully saturated rings. The van der Waals surface area contributed by atoms with Crippen LogP contribution in [0.3, 0.4) is 0 Å². The number of carboxylic acid groups (broad SMARTS) is 1. The second kappa shape index (κ2) is 6.16. The Morgan fingerprint density at radius 1 is 1.33 bits per heavy atom. The van der Waals surface area contributed by atoms with Gasteiger partial charge in [-0.2, -0.15) is 0 Å². The minimum atomic E-state index is -0.801. The predicted octanol–water partition coefficient (Wildman–Crippen LogP) is 2.74. The second-order valence-electron chi connectivity index (χ2n) is 3.73. The molecule has 4 nitrogen and oxygen atoms in total. The van der Waals surface area contributed by atoms with E-state index in [0.717, 1.165) is 16.5 Å². The van der Waals surface area contributed by atoms with Crippen molar-refractivity contribution < 1.29 is 14.6 Å². The first-order chi connectivity index (χ1) is 8.74. The van der Waals surface area contributed by atoms with E-state index in [1.807, 2.05) is 35.7 Å². The molecule has 0 saturated heterocycles. The molecule has 0 unspecified atom stereocenters. The van der Waals surface area contributed by atoms with Crippen LogP contribution in [-0.2, 0) is 17.8 Å². The summed E-state index contributed by atoms with van der Waals surface area (Å²) in [6, 6.07) is 9.53. The van der Waals surface area contributed by atoms with Crippen LogP contribution in [0.2, 0.25) is 0 Å². The Hall–Kier alpha value is -1.88. The van der Waals surface area contributed by atoms with Crippen LogP contribution in [0.5, 0.6) is 5.75 Å². The van der Waals surface area contributed by atoms with Gasteiger partial charge in [-0.15, -0.1) is 11.3 Å². The number of carbonyl (C=O) groups is 1. The molecule has 2 aromatic rings. The molecule has 0 atom stereocenters. The van der Waals surface area contributed by atoms with E-state index in [1.165, 1.54) is 11.3 Å². The molecule has 1 aromatic heterocycles. The number of benzene rings is 1. The number of thiazole rings is 1. The van der Waals surface area contributed by atoms with Gasteiger partial charge in [0.1, 0.15) is 17.4 Å². The minimum Gasteiger partial charge on any atom is -0.486 e. The number of para-hydroxylation sites is 1. The Bertz CT molecular complexity index is 510. The summed E-state index contributed by atoms with van der Waals surface area (Å²) >= 11 is 1.49. The van der Waals surface area contributed by atoms with Gasteiger partial charge in [0.25, 0.3) is 0 Å². The lowest BCUT2D eigenvalue weighted by Crippen LogP contribution is -1.99. The second-order valence-corrected chi connectivity index (χ2v) is 4.67. The van der Waals surface area contributed by atoms with Crippen molar-refractivity contribution in [1.82, 2.24) is 4.98 Å². The number of carboxylic acids is 1. The average molecular weight is 263 g/mol. The molecule has 1 aromatic carbocycles. The fourth-order valence-corrected chi connectivity index (χ4v) is 2.17. The molecule has 1 heterocycles.